The number of carbonyl (C=O) groups excluding carboxylic acids is 3. The molecule has 0 spiro atoms. The van der Waals surface area contributed by atoms with E-state index in [2.05, 4.69) is 0 Å². The lowest BCUT2D eigenvalue weighted by Gasteiger charge is -2.47. The van der Waals surface area contributed by atoms with Crippen molar-refractivity contribution >= 4 is 41.1 Å². The van der Waals surface area contributed by atoms with Crippen molar-refractivity contribution in [2.45, 2.75) is 187 Å². The van der Waals surface area contributed by atoms with Gasteiger partial charge in [-0.15, -0.1) is 0 Å². The normalized spacial score (nSPS) is 34.1. The van der Waals surface area contributed by atoms with E-state index in [0.29, 0.717) is 28.7 Å². The lowest BCUT2D eigenvalue weighted by atomic mass is 9.88. The Morgan fingerprint density at radius 2 is 1.54 bits per heavy atom. The molecular formula is C54H78Cl2O18. The van der Waals surface area contributed by atoms with Gasteiger partial charge in [-0.2, -0.15) is 0 Å². The van der Waals surface area contributed by atoms with Gasteiger partial charge in [0.1, 0.15) is 46.7 Å². The van der Waals surface area contributed by atoms with Crippen molar-refractivity contribution in [3.05, 3.63) is 79.9 Å². The summed E-state index contributed by atoms with van der Waals surface area (Å²) in [6.07, 6.45) is -4.75. The highest BCUT2D eigenvalue weighted by Gasteiger charge is 2.53. The Morgan fingerprint density at radius 3 is 2.12 bits per heavy atom. The zero-order valence-electron chi connectivity index (χ0n) is 45.0. The van der Waals surface area contributed by atoms with Crippen molar-refractivity contribution in [3.63, 3.8) is 0 Å². The summed E-state index contributed by atoms with van der Waals surface area (Å²) in [5.41, 5.74) is 1.02. The van der Waals surface area contributed by atoms with E-state index < -0.39 is 116 Å². The highest BCUT2D eigenvalue weighted by molar-refractivity contribution is 6.39. The number of halogens is 2. The summed E-state index contributed by atoms with van der Waals surface area (Å²) in [5, 5.41) is 56.6. The number of hydrogen-bond acceptors (Lipinski definition) is 18. The van der Waals surface area contributed by atoms with Gasteiger partial charge in [0, 0.05) is 19.4 Å². The van der Waals surface area contributed by atoms with Gasteiger partial charge >= 0.3 is 17.9 Å². The largest absolute Gasteiger partial charge is 0.494 e. The summed E-state index contributed by atoms with van der Waals surface area (Å²) in [5.74, 6) is -3.07. The van der Waals surface area contributed by atoms with Crippen molar-refractivity contribution in [3.8, 4) is 11.5 Å². The molecule has 3 heterocycles. The molecule has 0 radical (unpaired) electrons. The van der Waals surface area contributed by atoms with Crippen molar-refractivity contribution < 1.29 is 87.3 Å². The standard InChI is InChI=1S/C54H78Cl2O18/c1-15-32-24-28(6)35(58)20-18-17-19-33(25-68-53-47(67-14)42(61)44(31(9)69-53)71-51(64)37-34(16-2)38(55)46(66-13)39(56)45(37)65-12)50(63)70-36(30(8)57)22-21-27(5)23-29(7)43(32)72-52-41(60)40(59)48(54(10,11)74-52)73-49(62)26(3)4/h17-19,21,23-24,26,30-32,35-36,40-44,47-48,52-53,57-61H,15-16,20,22,25H2,1-14H3/b18-17-,27-21+,28-24+,29-23+,33-19+/t30?,31-,32?,35?,36?,40+,41-,42+,43?,44-,47+,48-,52+,53-/m0/s1. The van der Waals surface area contributed by atoms with Crippen LogP contribution in [0.5, 0.6) is 11.5 Å². The van der Waals surface area contributed by atoms with Crippen LogP contribution in [0.1, 0.15) is 111 Å². The molecule has 0 amide bonds. The quantitative estimate of drug-likeness (QED) is 0.0686. The van der Waals surface area contributed by atoms with Crippen molar-refractivity contribution in [1.29, 1.82) is 0 Å². The minimum atomic E-state index is -1.60. The van der Waals surface area contributed by atoms with Gasteiger partial charge in [0.2, 0.25) is 0 Å². The number of cyclic esters (lactones) is 1. The Hall–Kier alpha value is -3.89. The third-order valence-corrected chi connectivity index (χ3v) is 14.1. The summed E-state index contributed by atoms with van der Waals surface area (Å²) in [7, 11) is 4.01. The average Bonchev–Trinajstić information content (AvgIpc) is 3.34. The number of aliphatic hydroxyl groups is 5. The van der Waals surface area contributed by atoms with Crippen LogP contribution in [-0.4, -0.2) is 157 Å². The molecule has 2 fully saturated rings. The lowest BCUT2D eigenvalue weighted by Crippen LogP contribution is -2.64. The fourth-order valence-electron chi connectivity index (χ4n) is 8.95. The zero-order valence-corrected chi connectivity index (χ0v) is 46.5. The molecule has 18 nitrogen and oxygen atoms in total. The average molecular weight is 1090 g/mol. The second-order valence-corrected chi connectivity index (χ2v) is 20.5. The molecule has 3 aliphatic rings. The van der Waals surface area contributed by atoms with Gasteiger partial charge in [-0.05, 0) is 90.5 Å². The number of allylic oxidation sites excluding steroid dienone is 4. The van der Waals surface area contributed by atoms with Crippen LogP contribution in [0.3, 0.4) is 0 Å². The second-order valence-electron chi connectivity index (χ2n) is 19.7. The molecule has 1 aromatic rings. The zero-order chi connectivity index (χ0) is 55.5. The van der Waals surface area contributed by atoms with E-state index in [0.717, 1.165) is 0 Å². The summed E-state index contributed by atoms with van der Waals surface area (Å²) in [4.78, 5) is 40.4. The molecule has 4 rings (SSSR count). The Bertz CT molecular complexity index is 2220. The smallest absolute Gasteiger partial charge is 0.342 e. The maximum atomic E-state index is 14.0. The molecule has 5 unspecified atom stereocenters. The predicted molar refractivity (Wildman–Crippen MR) is 275 cm³/mol. The first-order valence-corrected chi connectivity index (χ1v) is 25.7. The number of rotatable bonds is 15. The highest BCUT2D eigenvalue weighted by atomic mass is 35.5. The fraction of sp³-hybridized carbons (Fsp3) is 0.648. The third-order valence-electron chi connectivity index (χ3n) is 13.4. The molecule has 0 saturated carbocycles. The lowest BCUT2D eigenvalue weighted by molar-refractivity contribution is -0.333. The molecule has 74 heavy (non-hydrogen) atoms. The van der Waals surface area contributed by atoms with Gasteiger partial charge in [0.15, 0.2) is 36.3 Å². The van der Waals surface area contributed by atoms with Gasteiger partial charge < -0.3 is 72.9 Å². The molecule has 5 N–H and O–H groups in total. The molecule has 1 aromatic carbocycles. The number of ether oxygens (including phenoxy) is 10. The van der Waals surface area contributed by atoms with Gasteiger partial charge in [0.25, 0.3) is 0 Å². The minimum absolute atomic E-state index is 0.0105. The van der Waals surface area contributed by atoms with E-state index in [9.17, 15) is 39.9 Å². The SMILES string of the molecule is CCc1c(Cl)c(OC)c(Cl)c(OC)c1C(=O)O[C@@H]1[C@@H](O)[C@@H](OC)[C@@H](OC/C2=C\C=C/CC(O)/C(C)=C/C(CC)C(O[C@@H]3OC(C)(C)[C@@H](OC(=O)C(C)C)[C@H](O)[C@@H]3O)/C(C)=C/C(C)=C/CC(C(C)O)OC2=O)O[C@H]1C. The number of aliphatic hydroxyl groups excluding tert-OH is 5. The second kappa shape index (κ2) is 27.9. The van der Waals surface area contributed by atoms with E-state index in [4.69, 9.17) is 70.6 Å². The summed E-state index contributed by atoms with van der Waals surface area (Å²) in [6, 6.07) is 0. The van der Waals surface area contributed by atoms with Crippen LogP contribution in [0.15, 0.2) is 58.7 Å². The summed E-state index contributed by atoms with van der Waals surface area (Å²) in [6.45, 7) is 18.4. The van der Waals surface area contributed by atoms with E-state index in [1.165, 1.54) is 34.3 Å². The topological polar surface area (TPSA) is 245 Å². The van der Waals surface area contributed by atoms with E-state index in [1.807, 2.05) is 32.9 Å². The van der Waals surface area contributed by atoms with Crippen molar-refractivity contribution in [2.75, 3.05) is 27.9 Å². The number of carbonyl (C=O) groups is 3. The van der Waals surface area contributed by atoms with Gasteiger partial charge in [-0.25, -0.2) is 9.59 Å². The van der Waals surface area contributed by atoms with Crippen LogP contribution in [-0.2, 0) is 53.9 Å². The molecule has 0 aromatic heterocycles. The monoisotopic (exact) mass is 1080 g/mol. The highest BCUT2D eigenvalue weighted by Crippen LogP contribution is 2.46. The number of benzene rings is 1. The maximum absolute atomic E-state index is 14.0. The molecule has 0 bridgehead atoms. The molecule has 2 saturated heterocycles. The summed E-state index contributed by atoms with van der Waals surface area (Å²) >= 11 is 13.1. The fourth-order valence-corrected chi connectivity index (χ4v) is 9.74. The van der Waals surface area contributed by atoms with Gasteiger partial charge in [-0.1, -0.05) is 86.9 Å². The number of hydrogen-bond donors (Lipinski definition) is 5. The number of esters is 3. The minimum Gasteiger partial charge on any atom is -0.494 e. The Kier molecular flexibility index (Phi) is 23.7. The van der Waals surface area contributed by atoms with Crippen LogP contribution >= 0.6 is 23.2 Å². The molecule has 416 valence electrons. The molecule has 20 heteroatoms. The van der Waals surface area contributed by atoms with E-state index in [-0.39, 0.29) is 57.9 Å². The van der Waals surface area contributed by atoms with Crippen LogP contribution in [0, 0.1) is 11.8 Å². The molecule has 14 atom stereocenters. The van der Waals surface area contributed by atoms with Crippen LogP contribution in [0.4, 0.5) is 0 Å². The van der Waals surface area contributed by atoms with Crippen LogP contribution < -0.4 is 9.47 Å². The summed E-state index contributed by atoms with van der Waals surface area (Å²) < 4.78 is 58.9. The molecule has 3 aliphatic heterocycles. The van der Waals surface area contributed by atoms with Crippen molar-refractivity contribution in [2.24, 2.45) is 11.8 Å². The first-order chi connectivity index (χ1) is 34.8. The number of methoxy groups -OCH3 is 3. The first-order valence-electron chi connectivity index (χ1n) is 24.9. The Balaban J connectivity index is 1.61. The maximum Gasteiger partial charge on any atom is 0.342 e. The third kappa shape index (κ3) is 15.2. The van der Waals surface area contributed by atoms with Crippen LogP contribution in [0.25, 0.3) is 0 Å². The van der Waals surface area contributed by atoms with Crippen molar-refractivity contribution in [1.82, 2.24) is 0 Å². The van der Waals surface area contributed by atoms with Gasteiger partial charge in [-0.3, -0.25) is 4.79 Å². The van der Waals surface area contributed by atoms with Gasteiger partial charge in [0.05, 0.1) is 61.8 Å². The van der Waals surface area contributed by atoms with Crippen LogP contribution in [0.2, 0.25) is 10.0 Å². The Morgan fingerprint density at radius 1 is 0.878 bits per heavy atom. The Labute approximate surface area is 445 Å². The first kappa shape index (κ1) is 62.6. The molecule has 0 aliphatic carbocycles. The van der Waals surface area contributed by atoms with E-state index in [1.54, 1.807) is 66.7 Å². The molecular weight excluding hydrogens is 1010 g/mol. The predicted octanol–water partition coefficient (Wildman–Crippen LogP) is 6.84. The van der Waals surface area contributed by atoms with E-state index >= 15 is 0 Å².